The smallest absolute Gasteiger partial charge is 0.317 e. The molecule has 1 aliphatic carbocycles. The van der Waals surface area contributed by atoms with Crippen molar-refractivity contribution in [2.24, 2.45) is 5.92 Å². The van der Waals surface area contributed by atoms with Crippen molar-refractivity contribution in [2.75, 3.05) is 20.2 Å². The van der Waals surface area contributed by atoms with Crippen molar-refractivity contribution in [3.63, 3.8) is 0 Å². The van der Waals surface area contributed by atoms with Crippen LogP contribution in [0.15, 0.2) is 18.2 Å². The van der Waals surface area contributed by atoms with Crippen LogP contribution in [0.25, 0.3) is 0 Å². The molecule has 0 aromatic heterocycles. The average Bonchev–Trinajstić information content (AvgIpc) is 3.20. The molecule has 0 heterocycles. The van der Waals surface area contributed by atoms with Gasteiger partial charge in [0.1, 0.15) is 11.6 Å². The van der Waals surface area contributed by atoms with Crippen LogP contribution in [-0.4, -0.2) is 36.2 Å². The van der Waals surface area contributed by atoms with E-state index in [2.05, 4.69) is 0 Å². The number of methoxy groups -OCH3 is 1. The van der Waals surface area contributed by atoms with Gasteiger partial charge in [-0.15, -0.1) is 0 Å². The fraction of sp³-hybridized carbons (Fsp3) is 0.533. The Morgan fingerprint density at radius 3 is 2.80 bits per heavy atom. The number of hydrogen-bond donors (Lipinski definition) is 1. The Bertz CT molecular complexity index is 488. The number of carboxylic acid groups (broad SMARTS) is 1. The van der Waals surface area contributed by atoms with Crippen LogP contribution in [0, 0.1) is 11.7 Å². The monoisotopic (exact) mass is 281 g/mol. The number of nitrogens with zero attached hydrogens (tertiary/aromatic N) is 1. The van der Waals surface area contributed by atoms with Gasteiger partial charge >= 0.3 is 5.97 Å². The Labute approximate surface area is 118 Å². The maximum atomic E-state index is 14.1. The topological polar surface area (TPSA) is 49.8 Å². The van der Waals surface area contributed by atoms with Crippen LogP contribution in [0.3, 0.4) is 0 Å². The second kappa shape index (κ2) is 6.22. The highest BCUT2D eigenvalue weighted by molar-refractivity contribution is 5.69. The minimum Gasteiger partial charge on any atom is -0.496 e. The molecule has 1 aromatic carbocycles. The summed E-state index contributed by atoms with van der Waals surface area (Å²) in [6.07, 6.45) is 2.24. The van der Waals surface area contributed by atoms with E-state index in [0.29, 0.717) is 23.8 Å². The Hall–Kier alpha value is -1.62. The Balaban J connectivity index is 2.25. The third-order valence-electron chi connectivity index (χ3n) is 3.73. The van der Waals surface area contributed by atoms with Crippen molar-refractivity contribution in [3.8, 4) is 5.75 Å². The number of carboxylic acids is 1. The van der Waals surface area contributed by atoms with Crippen LogP contribution in [0.5, 0.6) is 5.75 Å². The lowest BCUT2D eigenvalue weighted by atomic mass is 10.0. The van der Waals surface area contributed by atoms with Crippen molar-refractivity contribution in [3.05, 3.63) is 29.6 Å². The molecule has 20 heavy (non-hydrogen) atoms. The van der Waals surface area contributed by atoms with Gasteiger partial charge < -0.3 is 9.84 Å². The number of carbonyl (C=O) groups is 1. The predicted molar refractivity (Wildman–Crippen MR) is 73.3 cm³/mol. The van der Waals surface area contributed by atoms with E-state index in [4.69, 9.17) is 9.84 Å². The molecule has 0 spiro atoms. The molecule has 0 amide bonds. The summed E-state index contributed by atoms with van der Waals surface area (Å²) in [5.41, 5.74) is 0.428. The first-order valence-electron chi connectivity index (χ1n) is 6.81. The van der Waals surface area contributed by atoms with Gasteiger partial charge in [0.15, 0.2) is 0 Å². The molecule has 110 valence electrons. The first kappa shape index (κ1) is 14.8. The lowest BCUT2D eigenvalue weighted by Crippen LogP contribution is -2.34. The molecular weight excluding hydrogens is 261 g/mol. The van der Waals surface area contributed by atoms with E-state index in [1.807, 2.05) is 6.92 Å². The lowest BCUT2D eigenvalue weighted by Gasteiger charge is -2.29. The van der Waals surface area contributed by atoms with Crippen molar-refractivity contribution >= 4 is 5.97 Å². The van der Waals surface area contributed by atoms with Gasteiger partial charge in [0.05, 0.1) is 13.7 Å². The van der Waals surface area contributed by atoms with E-state index in [-0.39, 0.29) is 18.4 Å². The number of aliphatic carboxylic acids is 1. The molecule has 5 heteroatoms. The molecule has 1 saturated carbocycles. The van der Waals surface area contributed by atoms with Crippen LogP contribution in [-0.2, 0) is 4.79 Å². The maximum absolute atomic E-state index is 14.1. The molecular formula is C15H20FNO3. The van der Waals surface area contributed by atoms with Crippen molar-refractivity contribution < 1.29 is 19.0 Å². The van der Waals surface area contributed by atoms with E-state index in [9.17, 15) is 9.18 Å². The summed E-state index contributed by atoms with van der Waals surface area (Å²) in [6.45, 7) is 2.42. The van der Waals surface area contributed by atoms with Gasteiger partial charge in [-0.1, -0.05) is 6.07 Å². The molecule has 1 N–H and O–H groups in total. The maximum Gasteiger partial charge on any atom is 0.317 e. The highest BCUT2D eigenvalue weighted by Crippen LogP contribution is 2.35. The van der Waals surface area contributed by atoms with Gasteiger partial charge in [0, 0.05) is 18.2 Å². The van der Waals surface area contributed by atoms with E-state index >= 15 is 0 Å². The molecule has 1 aromatic rings. The number of benzene rings is 1. The second-order valence-corrected chi connectivity index (χ2v) is 5.30. The normalized spacial score (nSPS) is 16.2. The third kappa shape index (κ3) is 3.48. The van der Waals surface area contributed by atoms with Crippen molar-refractivity contribution in [1.29, 1.82) is 0 Å². The van der Waals surface area contributed by atoms with Gasteiger partial charge in [0.25, 0.3) is 0 Å². The molecule has 1 fully saturated rings. The molecule has 1 atom stereocenters. The fourth-order valence-corrected chi connectivity index (χ4v) is 2.45. The van der Waals surface area contributed by atoms with Gasteiger partial charge in [-0.05, 0) is 37.8 Å². The zero-order valence-corrected chi connectivity index (χ0v) is 11.8. The first-order valence-corrected chi connectivity index (χ1v) is 6.81. The summed E-state index contributed by atoms with van der Waals surface area (Å²) < 4.78 is 19.3. The average molecular weight is 281 g/mol. The van der Waals surface area contributed by atoms with Gasteiger partial charge in [-0.3, -0.25) is 9.69 Å². The molecule has 4 nitrogen and oxygen atoms in total. The van der Waals surface area contributed by atoms with E-state index in [0.717, 1.165) is 12.8 Å². The summed E-state index contributed by atoms with van der Waals surface area (Å²) in [4.78, 5) is 12.8. The molecule has 0 bridgehead atoms. The number of rotatable bonds is 7. The van der Waals surface area contributed by atoms with Gasteiger partial charge in [-0.25, -0.2) is 4.39 Å². The van der Waals surface area contributed by atoms with Crippen LogP contribution in [0.2, 0.25) is 0 Å². The Morgan fingerprint density at radius 2 is 2.25 bits per heavy atom. The summed E-state index contributed by atoms with van der Waals surface area (Å²) in [6, 6.07) is 4.34. The van der Waals surface area contributed by atoms with Crippen LogP contribution in [0.1, 0.15) is 31.4 Å². The minimum atomic E-state index is -0.896. The number of halogens is 1. The fourth-order valence-electron chi connectivity index (χ4n) is 2.45. The first-order chi connectivity index (χ1) is 9.52. The third-order valence-corrected chi connectivity index (χ3v) is 3.73. The van der Waals surface area contributed by atoms with E-state index in [1.165, 1.54) is 13.2 Å². The van der Waals surface area contributed by atoms with Crippen molar-refractivity contribution in [2.45, 2.75) is 25.8 Å². The Morgan fingerprint density at radius 1 is 1.55 bits per heavy atom. The zero-order valence-electron chi connectivity index (χ0n) is 11.8. The molecule has 2 rings (SSSR count). The van der Waals surface area contributed by atoms with Gasteiger partial charge in [0.2, 0.25) is 0 Å². The standard InChI is InChI=1S/C15H20FNO3/c1-10(15-12(16)4-3-5-13(15)20-2)17(9-14(18)19)8-11-6-7-11/h3-5,10-11H,6-9H2,1-2H3,(H,18,19). The summed E-state index contributed by atoms with van der Waals surface area (Å²) in [7, 11) is 1.49. The molecule has 0 aliphatic heterocycles. The summed E-state index contributed by atoms with van der Waals surface area (Å²) in [5.74, 6) is -0.255. The molecule has 0 saturated heterocycles. The number of ether oxygens (including phenoxy) is 1. The SMILES string of the molecule is COc1cccc(F)c1C(C)N(CC(=O)O)CC1CC1. The second-order valence-electron chi connectivity index (χ2n) is 5.30. The quantitative estimate of drug-likeness (QED) is 0.835. The summed E-state index contributed by atoms with van der Waals surface area (Å²) >= 11 is 0. The zero-order chi connectivity index (χ0) is 14.7. The highest BCUT2D eigenvalue weighted by atomic mass is 19.1. The van der Waals surface area contributed by atoms with Crippen molar-refractivity contribution in [1.82, 2.24) is 4.90 Å². The lowest BCUT2D eigenvalue weighted by molar-refractivity contribution is -0.139. The largest absolute Gasteiger partial charge is 0.496 e. The molecule has 1 aliphatic rings. The molecule has 1 unspecified atom stereocenters. The van der Waals surface area contributed by atoms with Gasteiger partial charge in [-0.2, -0.15) is 0 Å². The van der Waals surface area contributed by atoms with Crippen LogP contribution in [0.4, 0.5) is 4.39 Å². The highest BCUT2D eigenvalue weighted by Gasteiger charge is 2.30. The van der Waals surface area contributed by atoms with E-state index < -0.39 is 5.97 Å². The predicted octanol–water partition coefficient (Wildman–Crippen LogP) is 2.69. The molecule has 0 radical (unpaired) electrons. The summed E-state index contributed by atoms with van der Waals surface area (Å²) in [5, 5.41) is 9.04. The van der Waals surface area contributed by atoms with Crippen LogP contribution < -0.4 is 4.74 Å². The Kier molecular flexibility index (Phi) is 4.60. The number of hydrogen-bond acceptors (Lipinski definition) is 3. The van der Waals surface area contributed by atoms with E-state index in [1.54, 1.807) is 17.0 Å². The minimum absolute atomic E-state index is 0.0881. The van der Waals surface area contributed by atoms with Crippen LogP contribution >= 0.6 is 0 Å².